The van der Waals surface area contributed by atoms with E-state index >= 15 is 0 Å². The van der Waals surface area contributed by atoms with Crippen LogP contribution < -0.4 is 10.6 Å². The number of rotatable bonds is 5. The van der Waals surface area contributed by atoms with E-state index < -0.39 is 0 Å². The van der Waals surface area contributed by atoms with Gasteiger partial charge in [-0.3, -0.25) is 14.7 Å². The fourth-order valence-electron chi connectivity index (χ4n) is 3.36. The average Bonchev–Trinajstić information content (AvgIpc) is 2.78. The normalized spacial score (nSPS) is 19.0. The molecule has 0 unspecified atom stereocenters. The van der Waals surface area contributed by atoms with Crippen molar-refractivity contribution in [3.8, 4) is 0 Å². The summed E-state index contributed by atoms with van der Waals surface area (Å²) in [6.07, 6.45) is 2.74. The van der Waals surface area contributed by atoms with Crippen LogP contribution in [-0.4, -0.2) is 48.5 Å². The fraction of sp³-hybridized carbons (Fsp3) is 0.368. The molecule has 2 aromatic rings. The van der Waals surface area contributed by atoms with Crippen LogP contribution in [0.3, 0.4) is 0 Å². The topological polar surface area (TPSA) is 62.5 Å². The Labute approximate surface area is 143 Å². The zero-order chi connectivity index (χ0) is 16.8. The number of nitrogens with two attached hydrogens (primary N) is 1. The highest BCUT2D eigenvalue weighted by Gasteiger charge is 2.24. The highest BCUT2D eigenvalue weighted by atomic mass is 16.1. The predicted octanol–water partition coefficient (Wildman–Crippen LogP) is 1.55. The summed E-state index contributed by atoms with van der Waals surface area (Å²) in [5, 5.41) is 0. The highest BCUT2D eigenvalue weighted by Crippen LogP contribution is 2.20. The molecule has 5 heteroatoms. The Morgan fingerprint density at radius 2 is 1.88 bits per heavy atom. The van der Waals surface area contributed by atoms with Gasteiger partial charge in [-0.15, -0.1) is 0 Å². The molecular formula is C19H24N4O. The largest absolute Gasteiger partial charge is 0.370 e. The molecule has 0 saturated carbocycles. The summed E-state index contributed by atoms with van der Waals surface area (Å²) >= 11 is 0. The monoisotopic (exact) mass is 324 g/mol. The van der Waals surface area contributed by atoms with Gasteiger partial charge in [-0.2, -0.15) is 0 Å². The average molecular weight is 324 g/mol. The number of anilines is 1. The molecule has 1 aliphatic heterocycles. The first kappa shape index (κ1) is 16.5. The maximum atomic E-state index is 11.4. The molecule has 5 nitrogen and oxygen atoms in total. The second-order valence-corrected chi connectivity index (χ2v) is 6.37. The molecule has 126 valence electrons. The van der Waals surface area contributed by atoms with Gasteiger partial charge in [-0.1, -0.05) is 24.3 Å². The minimum atomic E-state index is -0.264. The predicted molar refractivity (Wildman–Crippen MR) is 95.7 cm³/mol. The third kappa shape index (κ3) is 4.55. The number of benzene rings is 1. The zero-order valence-corrected chi connectivity index (χ0v) is 13.8. The van der Waals surface area contributed by atoms with Crippen molar-refractivity contribution >= 4 is 11.6 Å². The van der Waals surface area contributed by atoms with E-state index in [4.69, 9.17) is 5.73 Å². The molecule has 1 saturated heterocycles. The second kappa shape index (κ2) is 7.93. The Morgan fingerprint density at radius 1 is 1.08 bits per heavy atom. The van der Waals surface area contributed by atoms with E-state index in [9.17, 15) is 4.79 Å². The number of hydrogen-bond donors (Lipinski definition) is 1. The van der Waals surface area contributed by atoms with Crippen LogP contribution in [0.15, 0.2) is 54.7 Å². The van der Waals surface area contributed by atoms with Crippen LogP contribution in [-0.2, 0) is 11.2 Å². The Bertz CT molecular complexity index is 647. The molecular weight excluding hydrogens is 300 g/mol. The fourth-order valence-corrected chi connectivity index (χ4v) is 3.36. The van der Waals surface area contributed by atoms with Gasteiger partial charge in [0.25, 0.3) is 0 Å². The maximum absolute atomic E-state index is 11.4. The number of carbonyl (C=O) groups excluding carboxylic acids is 1. The van der Waals surface area contributed by atoms with Gasteiger partial charge in [-0.05, 0) is 36.6 Å². The molecule has 2 N–H and O–H groups in total. The van der Waals surface area contributed by atoms with Crippen molar-refractivity contribution in [3.05, 3.63) is 60.4 Å². The Morgan fingerprint density at radius 3 is 2.58 bits per heavy atom. The van der Waals surface area contributed by atoms with Crippen LogP contribution >= 0.6 is 0 Å². The molecule has 1 aromatic carbocycles. The van der Waals surface area contributed by atoms with Crippen LogP contribution in [0.25, 0.3) is 0 Å². The van der Waals surface area contributed by atoms with E-state index in [1.807, 2.05) is 24.4 Å². The Hall–Kier alpha value is -2.40. The molecule has 3 rings (SSSR count). The molecule has 0 aliphatic carbocycles. The number of aromatic nitrogens is 1. The van der Waals surface area contributed by atoms with E-state index in [0.29, 0.717) is 12.5 Å². The quantitative estimate of drug-likeness (QED) is 0.906. The summed E-state index contributed by atoms with van der Waals surface area (Å²) in [6.45, 7) is 3.88. The van der Waals surface area contributed by atoms with Gasteiger partial charge in [0.15, 0.2) is 0 Å². The van der Waals surface area contributed by atoms with Crippen molar-refractivity contribution in [1.29, 1.82) is 0 Å². The number of amides is 1. The minimum absolute atomic E-state index is 0.264. The van der Waals surface area contributed by atoms with Crippen molar-refractivity contribution in [2.24, 2.45) is 11.7 Å². The van der Waals surface area contributed by atoms with Gasteiger partial charge >= 0.3 is 0 Å². The van der Waals surface area contributed by atoms with Crippen LogP contribution in [0.4, 0.5) is 5.69 Å². The third-order valence-electron chi connectivity index (χ3n) is 4.41. The molecule has 1 aliphatic rings. The smallest absolute Gasteiger partial charge is 0.231 e. The molecule has 2 heterocycles. The second-order valence-electron chi connectivity index (χ2n) is 6.37. The van der Waals surface area contributed by atoms with Crippen LogP contribution in [0.1, 0.15) is 5.69 Å². The van der Waals surface area contributed by atoms with Crippen LogP contribution in [0, 0.1) is 5.92 Å². The first-order valence-electron chi connectivity index (χ1n) is 8.41. The summed E-state index contributed by atoms with van der Waals surface area (Å²) in [6, 6.07) is 16.5. The first-order chi connectivity index (χ1) is 11.7. The number of primary amides is 1. The van der Waals surface area contributed by atoms with Gasteiger partial charge in [0, 0.05) is 43.8 Å². The molecule has 24 heavy (non-hydrogen) atoms. The van der Waals surface area contributed by atoms with Crippen molar-refractivity contribution < 1.29 is 4.79 Å². The lowest BCUT2D eigenvalue weighted by Gasteiger charge is -2.26. The summed E-state index contributed by atoms with van der Waals surface area (Å²) < 4.78 is 0. The standard InChI is InChI=1S/C19H24N4O/c20-19(24)15-22-10-11-23(18-7-2-1-3-8-18)14-16(13-22)12-17-6-4-5-9-21-17/h1-9,16H,10-15H2,(H2,20,24)/t16-/m1/s1. The number of carbonyl (C=O) groups is 1. The molecule has 0 spiro atoms. The number of nitrogens with zero attached hydrogens (tertiary/aromatic N) is 3. The van der Waals surface area contributed by atoms with Gasteiger partial charge in [0.2, 0.25) is 5.91 Å². The minimum Gasteiger partial charge on any atom is -0.370 e. The van der Waals surface area contributed by atoms with Crippen LogP contribution in [0.5, 0.6) is 0 Å². The van der Waals surface area contributed by atoms with Gasteiger partial charge in [-0.25, -0.2) is 0 Å². The number of hydrogen-bond acceptors (Lipinski definition) is 4. The summed E-state index contributed by atoms with van der Waals surface area (Å²) in [7, 11) is 0. The Balaban J connectivity index is 1.76. The van der Waals surface area contributed by atoms with E-state index in [0.717, 1.165) is 38.3 Å². The molecule has 0 radical (unpaired) electrons. The lowest BCUT2D eigenvalue weighted by molar-refractivity contribution is -0.119. The van der Waals surface area contributed by atoms with E-state index in [2.05, 4.69) is 45.1 Å². The molecule has 1 atom stereocenters. The van der Waals surface area contributed by atoms with Crippen molar-refractivity contribution in [2.45, 2.75) is 6.42 Å². The summed E-state index contributed by atoms with van der Waals surface area (Å²) in [5.74, 6) is 0.140. The summed E-state index contributed by atoms with van der Waals surface area (Å²) in [4.78, 5) is 20.4. The van der Waals surface area contributed by atoms with Gasteiger partial charge in [0.05, 0.1) is 6.54 Å². The van der Waals surface area contributed by atoms with Gasteiger partial charge in [0.1, 0.15) is 0 Å². The molecule has 0 bridgehead atoms. The first-order valence-corrected chi connectivity index (χ1v) is 8.41. The van der Waals surface area contributed by atoms with E-state index in [1.54, 1.807) is 0 Å². The molecule has 1 fully saturated rings. The van der Waals surface area contributed by atoms with Crippen molar-refractivity contribution in [2.75, 3.05) is 37.6 Å². The van der Waals surface area contributed by atoms with E-state index in [-0.39, 0.29) is 5.91 Å². The van der Waals surface area contributed by atoms with Crippen LogP contribution in [0.2, 0.25) is 0 Å². The lowest BCUT2D eigenvalue weighted by atomic mass is 10.0. The lowest BCUT2D eigenvalue weighted by Crippen LogP contribution is -2.38. The zero-order valence-electron chi connectivity index (χ0n) is 13.8. The van der Waals surface area contributed by atoms with Crippen molar-refractivity contribution in [1.82, 2.24) is 9.88 Å². The maximum Gasteiger partial charge on any atom is 0.231 e. The SMILES string of the molecule is NC(=O)CN1CCN(c2ccccc2)C[C@H](Cc2ccccn2)C1. The number of pyridine rings is 1. The number of para-hydroxylation sites is 1. The van der Waals surface area contributed by atoms with Gasteiger partial charge < -0.3 is 10.6 Å². The van der Waals surface area contributed by atoms with E-state index in [1.165, 1.54) is 5.69 Å². The molecule has 1 aromatic heterocycles. The highest BCUT2D eigenvalue weighted by molar-refractivity contribution is 5.75. The molecule has 1 amide bonds. The van der Waals surface area contributed by atoms with Crippen molar-refractivity contribution in [3.63, 3.8) is 0 Å². The summed E-state index contributed by atoms with van der Waals surface area (Å²) in [5.41, 5.74) is 7.73. The Kier molecular flexibility index (Phi) is 5.43. The third-order valence-corrected chi connectivity index (χ3v) is 4.41.